The Morgan fingerprint density at radius 1 is 1.60 bits per heavy atom. The van der Waals surface area contributed by atoms with Crippen LogP contribution in [0.5, 0.6) is 0 Å². The predicted octanol–water partition coefficient (Wildman–Crippen LogP) is 0.677. The molecule has 0 aliphatic carbocycles. The molecule has 0 heterocycles. The minimum Gasteiger partial charge on any atom is -0.460 e. The van der Waals surface area contributed by atoms with Crippen molar-refractivity contribution in [3.8, 4) is 0 Å². The van der Waals surface area contributed by atoms with Gasteiger partial charge in [-0.25, -0.2) is 0 Å². The fraction of sp³-hybridized carbons (Fsp3) is 0.857. The second-order valence-corrected chi connectivity index (χ2v) is 2.89. The lowest BCUT2D eigenvalue weighted by atomic mass is 10.1. The maximum absolute atomic E-state index is 10.5. The van der Waals surface area contributed by atoms with Crippen molar-refractivity contribution >= 4 is 5.97 Å². The van der Waals surface area contributed by atoms with Gasteiger partial charge in [0.2, 0.25) is 0 Å². The molecule has 0 amide bonds. The van der Waals surface area contributed by atoms with Crippen LogP contribution in [-0.2, 0) is 9.53 Å². The Balaban J connectivity index is 3.74. The molecule has 0 spiro atoms. The molecular formula is C7H15NO2. The number of rotatable bonds is 3. The van der Waals surface area contributed by atoms with Gasteiger partial charge < -0.3 is 10.5 Å². The summed E-state index contributed by atoms with van der Waals surface area (Å²) in [5.74, 6) is -0.251. The highest BCUT2D eigenvalue weighted by atomic mass is 16.6. The largest absolute Gasteiger partial charge is 0.460 e. The molecule has 0 saturated carbocycles. The Bertz CT molecular complexity index is 121. The normalized spacial score (nSPS) is 11.2. The van der Waals surface area contributed by atoms with Crippen molar-refractivity contribution in [3.63, 3.8) is 0 Å². The first-order chi connectivity index (χ1) is 4.48. The zero-order valence-electron chi connectivity index (χ0n) is 6.81. The molecule has 0 aliphatic rings. The van der Waals surface area contributed by atoms with Crippen LogP contribution in [0.15, 0.2) is 0 Å². The number of nitrogens with two attached hydrogens (primary N) is 1. The van der Waals surface area contributed by atoms with E-state index in [1.165, 1.54) is 6.92 Å². The van der Waals surface area contributed by atoms with E-state index in [0.717, 1.165) is 0 Å². The topological polar surface area (TPSA) is 52.3 Å². The minimum atomic E-state index is -0.402. The maximum Gasteiger partial charge on any atom is 0.303 e. The molecule has 0 aliphatic heterocycles. The summed E-state index contributed by atoms with van der Waals surface area (Å²) in [5, 5.41) is 0. The highest BCUT2D eigenvalue weighted by molar-refractivity contribution is 5.66. The standard InChI is InChI=1S/C7H15NO2/c1-6(9)10-7(2,3)4-5-8/h4-5,8H2,1-3H3. The predicted molar refractivity (Wildman–Crippen MR) is 39.5 cm³/mol. The third-order valence-electron chi connectivity index (χ3n) is 1.17. The Kier molecular flexibility index (Phi) is 3.36. The van der Waals surface area contributed by atoms with E-state index in [4.69, 9.17) is 10.5 Å². The summed E-state index contributed by atoms with van der Waals surface area (Å²) >= 11 is 0. The van der Waals surface area contributed by atoms with E-state index < -0.39 is 5.60 Å². The molecule has 0 atom stereocenters. The molecule has 0 aromatic carbocycles. The molecule has 0 aromatic rings. The Hall–Kier alpha value is -0.570. The fourth-order valence-electron chi connectivity index (χ4n) is 0.788. The second-order valence-electron chi connectivity index (χ2n) is 2.89. The van der Waals surface area contributed by atoms with Gasteiger partial charge in [-0.3, -0.25) is 4.79 Å². The van der Waals surface area contributed by atoms with Gasteiger partial charge in [0, 0.05) is 6.92 Å². The van der Waals surface area contributed by atoms with Crippen molar-refractivity contribution in [2.45, 2.75) is 32.8 Å². The van der Waals surface area contributed by atoms with Crippen molar-refractivity contribution in [1.29, 1.82) is 0 Å². The Morgan fingerprint density at radius 3 is 2.40 bits per heavy atom. The van der Waals surface area contributed by atoms with Crippen molar-refractivity contribution in [2.24, 2.45) is 5.73 Å². The van der Waals surface area contributed by atoms with E-state index in [1.54, 1.807) is 0 Å². The molecule has 0 rings (SSSR count). The van der Waals surface area contributed by atoms with Crippen LogP contribution in [0.1, 0.15) is 27.2 Å². The van der Waals surface area contributed by atoms with E-state index in [-0.39, 0.29) is 5.97 Å². The molecule has 0 radical (unpaired) electrons. The van der Waals surface area contributed by atoms with Crippen LogP contribution in [0.3, 0.4) is 0 Å². The molecule has 60 valence electrons. The first-order valence-electron chi connectivity index (χ1n) is 3.37. The van der Waals surface area contributed by atoms with E-state index in [9.17, 15) is 4.79 Å². The number of carbonyl (C=O) groups is 1. The third kappa shape index (κ3) is 4.32. The number of hydrogen-bond donors (Lipinski definition) is 1. The van der Waals surface area contributed by atoms with Gasteiger partial charge in [0.1, 0.15) is 5.60 Å². The molecule has 3 nitrogen and oxygen atoms in total. The molecule has 0 aromatic heterocycles. The number of hydrogen-bond acceptors (Lipinski definition) is 3. The maximum atomic E-state index is 10.5. The van der Waals surface area contributed by atoms with Crippen LogP contribution in [0.25, 0.3) is 0 Å². The van der Waals surface area contributed by atoms with Crippen molar-refractivity contribution in [3.05, 3.63) is 0 Å². The lowest BCUT2D eigenvalue weighted by Crippen LogP contribution is -2.29. The average Bonchev–Trinajstić information content (AvgIpc) is 1.59. The first kappa shape index (κ1) is 9.43. The number of esters is 1. The lowest BCUT2D eigenvalue weighted by Gasteiger charge is -2.23. The van der Waals surface area contributed by atoms with E-state index in [2.05, 4.69) is 0 Å². The molecule has 0 saturated heterocycles. The minimum absolute atomic E-state index is 0.251. The molecule has 3 heteroatoms. The van der Waals surface area contributed by atoms with Gasteiger partial charge in [0.25, 0.3) is 0 Å². The van der Waals surface area contributed by atoms with Crippen molar-refractivity contribution in [2.75, 3.05) is 6.54 Å². The number of carbonyl (C=O) groups excluding carboxylic acids is 1. The molecule has 0 fully saturated rings. The van der Waals surface area contributed by atoms with E-state index >= 15 is 0 Å². The fourth-order valence-corrected chi connectivity index (χ4v) is 0.788. The SMILES string of the molecule is CC(=O)OC(C)(C)CCN. The van der Waals surface area contributed by atoms with Gasteiger partial charge in [0.05, 0.1) is 0 Å². The summed E-state index contributed by atoms with van der Waals surface area (Å²) < 4.78 is 4.96. The second kappa shape index (κ2) is 3.56. The number of ether oxygens (including phenoxy) is 1. The van der Waals surface area contributed by atoms with Crippen LogP contribution in [0.2, 0.25) is 0 Å². The lowest BCUT2D eigenvalue weighted by molar-refractivity contribution is -0.153. The molecule has 2 N–H and O–H groups in total. The van der Waals surface area contributed by atoms with Gasteiger partial charge in [0.15, 0.2) is 0 Å². The summed E-state index contributed by atoms with van der Waals surface area (Å²) in [6, 6.07) is 0. The smallest absolute Gasteiger partial charge is 0.303 e. The van der Waals surface area contributed by atoms with E-state index in [1.807, 2.05) is 13.8 Å². The molecule has 0 bridgehead atoms. The van der Waals surface area contributed by atoms with Crippen LogP contribution in [0, 0.1) is 0 Å². The van der Waals surface area contributed by atoms with Crippen molar-refractivity contribution < 1.29 is 9.53 Å². The summed E-state index contributed by atoms with van der Waals surface area (Å²) in [6.07, 6.45) is 0.701. The van der Waals surface area contributed by atoms with Crippen LogP contribution < -0.4 is 5.73 Å². The summed E-state index contributed by atoms with van der Waals surface area (Å²) in [5.41, 5.74) is 4.90. The van der Waals surface area contributed by atoms with Gasteiger partial charge >= 0.3 is 5.97 Å². The zero-order valence-corrected chi connectivity index (χ0v) is 6.81. The highest BCUT2D eigenvalue weighted by Crippen LogP contribution is 2.12. The van der Waals surface area contributed by atoms with Crippen LogP contribution in [0.4, 0.5) is 0 Å². The van der Waals surface area contributed by atoms with Gasteiger partial charge in [-0.2, -0.15) is 0 Å². The van der Waals surface area contributed by atoms with Crippen LogP contribution in [-0.4, -0.2) is 18.1 Å². The van der Waals surface area contributed by atoms with Crippen LogP contribution >= 0.6 is 0 Å². The molecule has 0 unspecified atom stereocenters. The molecule has 10 heavy (non-hydrogen) atoms. The summed E-state index contributed by atoms with van der Waals surface area (Å²) in [7, 11) is 0. The molecular weight excluding hydrogens is 130 g/mol. The average molecular weight is 145 g/mol. The zero-order chi connectivity index (χ0) is 8.20. The highest BCUT2D eigenvalue weighted by Gasteiger charge is 2.19. The van der Waals surface area contributed by atoms with Gasteiger partial charge in [-0.1, -0.05) is 0 Å². The third-order valence-corrected chi connectivity index (χ3v) is 1.17. The summed E-state index contributed by atoms with van der Waals surface area (Å²) in [6.45, 7) is 5.64. The summed E-state index contributed by atoms with van der Waals surface area (Å²) in [4.78, 5) is 10.5. The monoisotopic (exact) mass is 145 g/mol. The Labute approximate surface area is 61.5 Å². The first-order valence-corrected chi connectivity index (χ1v) is 3.37. The Morgan fingerprint density at radius 2 is 2.10 bits per heavy atom. The van der Waals surface area contributed by atoms with E-state index in [0.29, 0.717) is 13.0 Å². The van der Waals surface area contributed by atoms with Crippen molar-refractivity contribution in [1.82, 2.24) is 0 Å². The van der Waals surface area contributed by atoms with Gasteiger partial charge in [-0.05, 0) is 26.8 Å². The van der Waals surface area contributed by atoms with Gasteiger partial charge in [-0.15, -0.1) is 0 Å². The quantitative estimate of drug-likeness (QED) is 0.594.